The van der Waals surface area contributed by atoms with Gasteiger partial charge in [0.2, 0.25) is 0 Å². The first-order valence-corrected chi connectivity index (χ1v) is 13.1. The van der Waals surface area contributed by atoms with Gasteiger partial charge in [0.1, 0.15) is 18.0 Å². The summed E-state index contributed by atoms with van der Waals surface area (Å²) in [6.07, 6.45) is 1.41. The van der Waals surface area contributed by atoms with E-state index >= 15 is 0 Å². The quantitative estimate of drug-likeness (QED) is 0.144. The number of amides is 2. The van der Waals surface area contributed by atoms with Crippen molar-refractivity contribution in [3.63, 3.8) is 0 Å². The number of carbonyl (C=O) groups excluding carboxylic acids is 2. The van der Waals surface area contributed by atoms with Gasteiger partial charge >= 0.3 is 0 Å². The van der Waals surface area contributed by atoms with Gasteiger partial charge in [-0.25, -0.2) is 9.29 Å². The maximum Gasteiger partial charge on any atom is 0.270 e. The van der Waals surface area contributed by atoms with Crippen LogP contribution in [0.2, 0.25) is 0 Å². The smallest absolute Gasteiger partial charge is 0.270 e. The van der Waals surface area contributed by atoms with Crippen LogP contribution in [0.3, 0.4) is 0 Å². The maximum atomic E-state index is 14.4. The molecule has 0 atom stereocenters. The number of hydrogen-bond donors (Lipinski definition) is 1. The molecule has 184 valence electrons. The van der Waals surface area contributed by atoms with Crippen molar-refractivity contribution in [1.82, 2.24) is 5.32 Å². The van der Waals surface area contributed by atoms with Crippen LogP contribution >= 0.6 is 50.7 Å². The lowest BCUT2D eigenvalue weighted by Gasteiger charge is -2.29. The summed E-state index contributed by atoms with van der Waals surface area (Å²) < 4.78 is 27.9. The first kappa shape index (κ1) is 26.2. The van der Waals surface area contributed by atoms with Gasteiger partial charge in [-0.15, -0.1) is 0 Å². The van der Waals surface area contributed by atoms with E-state index in [0.717, 1.165) is 14.0 Å². The molecule has 1 aliphatic rings. The fraction of sp³-hybridized carbons (Fsp3) is 0.115. The molecule has 1 N–H and O–H groups in total. The lowest BCUT2D eigenvalue weighted by atomic mass is 10.1. The number of nitrogens with one attached hydrogen (secondary N) is 1. The number of thiocarbonyl (C=S) groups is 1. The van der Waals surface area contributed by atoms with E-state index in [0.29, 0.717) is 34.7 Å². The Morgan fingerprint density at radius 3 is 2.47 bits per heavy atom. The normalized spacial score (nSPS) is 14.7. The van der Waals surface area contributed by atoms with Gasteiger partial charge in [-0.1, -0.05) is 40.2 Å². The average molecular weight is 681 g/mol. The molecule has 1 aliphatic heterocycles. The number of carbonyl (C=O) groups is 2. The Bertz CT molecular complexity index is 1380. The zero-order chi connectivity index (χ0) is 25.8. The van der Waals surface area contributed by atoms with Crippen LogP contribution in [0.25, 0.3) is 6.08 Å². The monoisotopic (exact) mass is 680 g/mol. The van der Waals surface area contributed by atoms with E-state index < -0.39 is 17.6 Å². The molecule has 1 fully saturated rings. The minimum Gasteiger partial charge on any atom is -0.490 e. The van der Waals surface area contributed by atoms with Gasteiger partial charge in [-0.2, -0.15) is 0 Å². The third kappa shape index (κ3) is 5.76. The van der Waals surface area contributed by atoms with Crippen LogP contribution in [0.15, 0.2) is 70.7 Å². The Labute approximate surface area is 234 Å². The van der Waals surface area contributed by atoms with Crippen LogP contribution in [-0.4, -0.2) is 23.5 Å². The summed E-state index contributed by atoms with van der Waals surface area (Å²) >= 11 is 10.9. The predicted octanol–water partition coefficient (Wildman–Crippen LogP) is 6.00. The third-order valence-electron chi connectivity index (χ3n) is 5.17. The molecular formula is C26H19BrFIN2O4S. The van der Waals surface area contributed by atoms with Crippen LogP contribution in [0.1, 0.15) is 18.1 Å². The van der Waals surface area contributed by atoms with Gasteiger partial charge in [0.15, 0.2) is 16.6 Å². The highest BCUT2D eigenvalue weighted by atomic mass is 127. The second-order valence-corrected chi connectivity index (χ2v) is 10.1. The number of halogens is 3. The molecule has 0 aliphatic carbocycles. The standard InChI is InChI=1S/C26H19BrFIN2O4S/c1-2-34-22-12-16(19(27)13-23(22)35-14-15-7-9-17(29)10-8-15)11-18-24(32)30-26(36)31(25(18)33)21-6-4-3-5-20(21)28/h3-13H,2,14H2,1H3,(H,30,32,36)/b18-11+. The zero-order valence-electron chi connectivity index (χ0n) is 18.9. The summed E-state index contributed by atoms with van der Waals surface area (Å²) in [5, 5.41) is 2.27. The van der Waals surface area contributed by atoms with Gasteiger partial charge in [0.05, 0.1) is 12.3 Å². The Hall–Kier alpha value is -2.83. The van der Waals surface area contributed by atoms with E-state index in [1.165, 1.54) is 24.3 Å². The second kappa shape index (κ2) is 11.5. The topological polar surface area (TPSA) is 67.9 Å². The summed E-state index contributed by atoms with van der Waals surface area (Å²) in [7, 11) is 0. The molecule has 2 amide bonds. The highest BCUT2D eigenvalue weighted by molar-refractivity contribution is 14.1. The molecule has 1 heterocycles. The van der Waals surface area contributed by atoms with E-state index in [4.69, 9.17) is 21.7 Å². The van der Waals surface area contributed by atoms with Crippen molar-refractivity contribution in [3.05, 3.63) is 91.2 Å². The number of benzene rings is 3. The highest BCUT2D eigenvalue weighted by Crippen LogP contribution is 2.36. The summed E-state index contributed by atoms with van der Waals surface area (Å²) in [6.45, 7) is 2.56. The van der Waals surface area contributed by atoms with Crippen molar-refractivity contribution in [2.24, 2.45) is 0 Å². The van der Waals surface area contributed by atoms with Crippen molar-refractivity contribution >= 4 is 79.4 Å². The van der Waals surface area contributed by atoms with Gasteiger partial charge in [-0.05, 0) is 95.3 Å². The molecule has 1 saturated heterocycles. The average Bonchev–Trinajstić information content (AvgIpc) is 2.84. The SMILES string of the molecule is CCOc1cc(/C=C2\C(=O)NC(=S)N(c3ccccc3F)C2=O)c(Br)cc1OCc1ccc(I)cc1. The van der Waals surface area contributed by atoms with E-state index in [-0.39, 0.29) is 16.4 Å². The Kier molecular flexibility index (Phi) is 8.37. The lowest BCUT2D eigenvalue weighted by Crippen LogP contribution is -2.54. The fourth-order valence-electron chi connectivity index (χ4n) is 3.45. The molecule has 10 heteroatoms. The third-order valence-corrected chi connectivity index (χ3v) is 6.86. The number of ether oxygens (including phenoxy) is 2. The minimum atomic E-state index is -0.738. The molecule has 0 bridgehead atoms. The highest BCUT2D eigenvalue weighted by Gasteiger charge is 2.35. The predicted molar refractivity (Wildman–Crippen MR) is 151 cm³/mol. The first-order valence-electron chi connectivity index (χ1n) is 10.8. The Morgan fingerprint density at radius 2 is 1.78 bits per heavy atom. The van der Waals surface area contributed by atoms with E-state index in [1.54, 1.807) is 18.2 Å². The zero-order valence-corrected chi connectivity index (χ0v) is 23.4. The molecular weight excluding hydrogens is 662 g/mol. The Balaban J connectivity index is 1.67. The molecule has 3 aromatic carbocycles. The van der Waals surface area contributed by atoms with Gasteiger partial charge < -0.3 is 9.47 Å². The molecule has 4 rings (SSSR count). The number of rotatable bonds is 7. The lowest BCUT2D eigenvalue weighted by molar-refractivity contribution is -0.122. The second-order valence-electron chi connectivity index (χ2n) is 7.58. The van der Waals surface area contributed by atoms with Crippen LogP contribution in [0, 0.1) is 9.39 Å². The summed E-state index contributed by atoms with van der Waals surface area (Å²) in [5.74, 6) is -1.11. The molecule has 36 heavy (non-hydrogen) atoms. The summed E-state index contributed by atoms with van der Waals surface area (Å²) in [6, 6.07) is 17.0. The molecule has 0 radical (unpaired) electrons. The molecule has 0 spiro atoms. The largest absolute Gasteiger partial charge is 0.490 e. The number of para-hydroxylation sites is 1. The van der Waals surface area contributed by atoms with Crippen LogP contribution in [0.4, 0.5) is 10.1 Å². The number of hydrogen-bond acceptors (Lipinski definition) is 5. The van der Waals surface area contributed by atoms with Crippen molar-refractivity contribution in [1.29, 1.82) is 0 Å². The molecule has 0 saturated carbocycles. The van der Waals surface area contributed by atoms with Gasteiger partial charge in [0.25, 0.3) is 11.8 Å². The van der Waals surface area contributed by atoms with E-state index in [9.17, 15) is 14.0 Å². The molecule has 0 unspecified atom stereocenters. The van der Waals surface area contributed by atoms with Crippen LogP contribution in [0.5, 0.6) is 11.5 Å². The first-order chi connectivity index (χ1) is 17.3. The van der Waals surface area contributed by atoms with Crippen molar-refractivity contribution in [2.45, 2.75) is 13.5 Å². The molecule has 0 aromatic heterocycles. The summed E-state index contributed by atoms with van der Waals surface area (Å²) in [5.41, 5.74) is 1.24. The van der Waals surface area contributed by atoms with Crippen molar-refractivity contribution in [3.8, 4) is 11.5 Å². The van der Waals surface area contributed by atoms with Crippen LogP contribution < -0.4 is 19.7 Å². The van der Waals surface area contributed by atoms with E-state index in [2.05, 4.69) is 43.8 Å². The maximum absolute atomic E-state index is 14.4. The van der Waals surface area contributed by atoms with Crippen molar-refractivity contribution in [2.75, 3.05) is 11.5 Å². The van der Waals surface area contributed by atoms with Gasteiger partial charge in [0, 0.05) is 8.04 Å². The fourth-order valence-corrected chi connectivity index (χ4v) is 4.52. The van der Waals surface area contributed by atoms with Crippen LogP contribution in [-0.2, 0) is 16.2 Å². The number of anilines is 1. The van der Waals surface area contributed by atoms with Gasteiger partial charge in [-0.3, -0.25) is 14.9 Å². The molecule has 6 nitrogen and oxygen atoms in total. The summed E-state index contributed by atoms with van der Waals surface area (Å²) in [4.78, 5) is 26.9. The number of nitrogens with zero attached hydrogens (tertiary/aromatic N) is 1. The minimum absolute atomic E-state index is 0.0492. The van der Waals surface area contributed by atoms with E-state index in [1.807, 2.05) is 31.2 Å². The Morgan fingerprint density at radius 1 is 1.08 bits per heavy atom. The molecule has 3 aromatic rings. The van der Waals surface area contributed by atoms with Crippen molar-refractivity contribution < 1.29 is 23.5 Å².